The van der Waals surface area contributed by atoms with Gasteiger partial charge < -0.3 is 0 Å². The standard InChI is InChI=1S/2C4H8.2C3H6/c2*1-4-2-3-4;2*1-2-3-1/h2*4H,2-3H2,1H3;2*1-3H2. The average Bonchev–Trinajstić information content (AvgIpc) is 2.86. The molecule has 0 atom stereocenters. The van der Waals surface area contributed by atoms with E-state index in [4.69, 9.17) is 0 Å². The van der Waals surface area contributed by atoms with Gasteiger partial charge in [0.25, 0.3) is 0 Å². The number of rotatable bonds is 0. The summed E-state index contributed by atoms with van der Waals surface area (Å²) < 4.78 is 0. The normalized spacial score (nSPS) is 25.3. The quantitative estimate of drug-likeness (QED) is 0.501. The van der Waals surface area contributed by atoms with E-state index in [-0.39, 0.29) is 0 Å². The third kappa shape index (κ3) is 22.7. The van der Waals surface area contributed by atoms with Crippen LogP contribution in [-0.4, -0.2) is 0 Å². The molecule has 0 unspecified atom stereocenters. The molecular formula is C14H28. The molecule has 14 heavy (non-hydrogen) atoms. The highest BCUT2D eigenvalue weighted by atomic mass is 14.2. The summed E-state index contributed by atoms with van der Waals surface area (Å²) >= 11 is 0. The van der Waals surface area contributed by atoms with Crippen LogP contribution >= 0.6 is 0 Å². The summed E-state index contributed by atoms with van der Waals surface area (Å²) in [5.74, 6) is 2.17. The van der Waals surface area contributed by atoms with Crippen LogP contribution in [0, 0.1) is 11.8 Å². The molecular weight excluding hydrogens is 168 g/mol. The summed E-state index contributed by atoms with van der Waals surface area (Å²) in [5.41, 5.74) is 0. The van der Waals surface area contributed by atoms with Crippen molar-refractivity contribution in [1.82, 2.24) is 0 Å². The van der Waals surface area contributed by atoms with Crippen LogP contribution in [0.4, 0.5) is 0 Å². The molecule has 4 saturated carbocycles. The average molecular weight is 196 g/mol. The molecule has 0 heteroatoms. The first-order valence-electron chi connectivity index (χ1n) is 6.79. The van der Waals surface area contributed by atoms with Crippen LogP contribution in [0.2, 0.25) is 0 Å². The van der Waals surface area contributed by atoms with Crippen LogP contribution in [0.15, 0.2) is 0 Å². The van der Waals surface area contributed by atoms with E-state index >= 15 is 0 Å². The van der Waals surface area contributed by atoms with Crippen LogP contribution in [-0.2, 0) is 0 Å². The Kier molecular flexibility index (Phi) is 6.31. The van der Waals surface area contributed by atoms with Crippen molar-refractivity contribution < 1.29 is 0 Å². The molecule has 4 aliphatic rings. The molecule has 4 rings (SSSR count). The van der Waals surface area contributed by atoms with Gasteiger partial charge in [-0.1, -0.05) is 78.1 Å². The number of hydrogen-bond donors (Lipinski definition) is 0. The molecule has 0 amide bonds. The molecule has 0 aliphatic heterocycles. The minimum atomic E-state index is 1.08. The van der Waals surface area contributed by atoms with Crippen molar-refractivity contribution >= 4 is 0 Å². The van der Waals surface area contributed by atoms with Crippen molar-refractivity contribution in [2.45, 2.75) is 78.1 Å². The molecule has 0 saturated heterocycles. The molecule has 0 heterocycles. The second kappa shape index (κ2) is 7.31. The van der Waals surface area contributed by atoms with E-state index in [1.807, 2.05) is 0 Å². The van der Waals surface area contributed by atoms with E-state index in [1.165, 1.54) is 64.2 Å². The lowest BCUT2D eigenvalue weighted by Gasteiger charge is -1.53. The van der Waals surface area contributed by atoms with E-state index in [1.54, 1.807) is 0 Å². The Labute approximate surface area is 90.5 Å². The summed E-state index contributed by atoms with van der Waals surface area (Å²) in [7, 11) is 0. The zero-order valence-corrected chi connectivity index (χ0v) is 10.2. The van der Waals surface area contributed by atoms with Crippen LogP contribution in [0.25, 0.3) is 0 Å². The van der Waals surface area contributed by atoms with Gasteiger partial charge in [0.1, 0.15) is 0 Å². The van der Waals surface area contributed by atoms with E-state index < -0.39 is 0 Å². The summed E-state index contributed by atoms with van der Waals surface area (Å²) in [6, 6.07) is 0. The largest absolute Gasteiger partial charge is 0.0625 e. The molecule has 0 aromatic carbocycles. The minimum Gasteiger partial charge on any atom is -0.0625 e. The second-order valence-corrected chi connectivity index (χ2v) is 5.49. The van der Waals surface area contributed by atoms with Crippen molar-refractivity contribution in [1.29, 1.82) is 0 Å². The highest BCUT2D eigenvalue weighted by Crippen LogP contribution is 2.27. The summed E-state index contributed by atoms with van der Waals surface area (Å²) in [6.07, 6.45) is 14.9. The lowest BCUT2D eigenvalue weighted by Crippen LogP contribution is -1.42. The second-order valence-electron chi connectivity index (χ2n) is 5.49. The predicted molar refractivity (Wildman–Crippen MR) is 64.5 cm³/mol. The SMILES string of the molecule is C1CC1.C1CC1.CC1CC1.CC1CC1. The lowest BCUT2D eigenvalue weighted by atomic mass is 10.5. The van der Waals surface area contributed by atoms with Gasteiger partial charge in [0.2, 0.25) is 0 Å². The first-order valence-corrected chi connectivity index (χ1v) is 6.79. The molecule has 84 valence electrons. The Morgan fingerprint density at radius 1 is 0.500 bits per heavy atom. The molecule has 0 nitrogen and oxygen atoms in total. The lowest BCUT2D eigenvalue weighted by molar-refractivity contribution is 0.983. The third-order valence-electron chi connectivity index (χ3n) is 2.44. The molecule has 0 radical (unpaired) electrons. The Balaban J connectivity index is 0.0000000942. The fourth-order valence-corrected chi connectivity index (χ4v) is 0.333. The first kappa shape index (κ1) is 12.1. The fraction of sp³-hybridized carbons (Fsp3) is 1.00. The van der Waals surface area contributed by atoms with Gasteiger partial charge in [-0.05, 0) is 11.8 Å². The van der Waals surface area contributed by atoms with Crippen molar-refractivity contribution in [3.63, 3.8) is 0 Å². The maximum absolute atomic E-state index is 2.28. The van der Waals surface area contributed by atoms with Crippen LogP contribution in [0.5, 0.6) is 0 Å². The van der Waals surface area contributed by atoms with Crippen molar-refractivity contribution in [3.05, 3.63) is 0 Å². The van der Waals surface area contributed by atoms with Gasteiger partial charge >= 0.3 is 0 Å². The smallest absolute Gasteiger partial charge is 0.0443 e. The van der Waals surface area contributed by atoms with Crippen LogP contribution < -0.4 is 0 Å². The predicted octanol–water partition coefficient (Wildman–Crippen LogP) is 5.17. The Morgan fingerprint density at radius 2 is 0.643 bits per heavy atom. The first-order chi connectivity index (χ1) is 6.79. The molecule has 0 aromatic heterocycles. The summed E-state index contributed by atoms with van der Waals surface area (Å²) in [4.78, 5) is 0. The van der Waals surface area contributed by atoms with Gasteiger partial charge in [-0.15, -0.1) is 0 Å². The minimum absolute atomic E-state index is 1.08. The van der Waals surface area contributed by atoms with E-state index in [2.05, 4.69) is 13.8 Å². The van der Waals surface area contributed by atoms with Crippen molar-refractivity contribution in [3.8, 4) is 0 Å². The fourth-order valence-electron chi connectivity index (χ4n) is 0.333. The van der Waals surface area contributed by atoms with Gasteiger partial charge in [-0.2, -0.15) is 0 Å². The van der Waals surface area contributed by atoms with Gasteiger partial charge in [0.05, 0.1) is 0 Å². The van der Waals surface area contributed by atoms with Crippen molar-refractivity contribution in [2.75, 3.05) is 0 Å². The van der Waals surface area contributed by atoms with E-state index in [0.717, 1.165) is 11.8 Å². The maximum Gasteiger partial charge on any atom is -0.0443 e. The van der Waals surface area contributed by atoms with Crippen LogP contribution in [0.1, 0.15) is 78.1 Å². The van der Waals surface area contributed by atoms with Gasteiger partial charge in [0.15, 0.2) is 0 Å². The Bertz CT molecular complexity index is 94.5. The van der Waals surface area contributed by atoms with Crippen LogP contribution in [0.3, 0.4) is 0 Å². The third-order valence-corrected chi connectivity index (χ3v) is 2.44. The highest BCUT2D eigenvalue weighted by molar-refractivity contribution is 4.65. The summed E-state index contributed by atoms with van der Waals surface area (Å²) in [5, 5.41) is 0. The molecule has 0 spiro atoms. The zero-order valence-electron chi connectivity index (χ0n) is 10.2. The van der Waals surface area contributed by atoms with E-state index in [0.29, 0.717) is 0 Å². The zero-order chi connectivity index (χ0) is 10.2. The van der Waals surface area contributed by atoms with Crippen molar-refractivity contribution in [2.24, 2.45) is 11.8 Å². The highest BCUT2D eigenvalue weighted by Gasteiger charge is 2.13. The monoisotopic (exact) mass is 196 g/mol. The molecule has 0 N–H and O–H groups in total. The molecule has 0 bridgehead atoms. The Hall–Kier alpha value is 0. The van der Waals surface area contributed by atoms with Gasteiger partial charge in [0, 0.05) is 0 Å². The topological polar surface area (TPSA) is 0 Å². The number of hydrogen-bond acceptors (Lipinski definition) is 0. The molecule has 4 aliphatic carbocycles. The van der Waals surface area contributed by atoms with Gasteiger partial charge in [-0.25, -0.2) is 0 Å². The summed E-state index contributed by atoms with van der Waals surface area (Å²) in [6.45, 7) is 4.56. The molecule has 0 aromatic rings. The van der Waals surface area contributed by atoms with Gasteiger partial charge in [-0.3, -0.25) is 0 Å². The Morgan fingerprint density at radius 3 is 0.643 bits per heavy atom. The van der Waals surface area contributed by atoms with E-state index in [9.17, 15) is 0 Å². The molecule has 4 fully saturated rings. The maximum atomic E-state index is 2.28.